The standard InChI is InChI=1S/C18H22N2O7/c1-10(21)16-14(19-17(16)24)8-13(22)9-15(23)27-18(2,3)11-4-6-12(7-5-11)20(25)26/h4-7,10,14,16,21H,8-9H2,1-3H3,(H,19,24). The SMILES string of the molecule is CC(O)C1C(=O)NC1CC(=O)CC(=O)OC(C)(C)c1ccc([N+](=O)[O-])cc1. The predicted octanol–water partition coefficient (Wildman–Crippen LogP) is 1.22. The Morgan fingerprint density at radius 1 is 1.33 bits per heavy atom. The van der Waals surface area contributed by atoms with E-state index in [2.05, 4.69) is 5.32 Å². The molecule has 0 spiro atoms. The maximum atomic E-state index is 12.1. The minimum atomic E-state index is -1.07. The molecule has 9 nitrogen and oxygen atoms in total. The molecule has 1 saturated heterocycles. The lowest BCUT2D eigenvalue weighted by molar-refractivity contribution is -0.384. The molecule has 0 aliphatic carbocycles. The third kappa shape index (κ3) is 4.88. The van der Waals surface area contributed by atoms with Gasteiger partial charge in [-0.15, -0.1) is 0 Å². The molecule has 1 amide bonds. The number of aliphatic hydroxyl groups excluding tert-OH is 1. The van der Waals surface area contributed by atoms with Gasteiger partial charge in [0.1, 0.15) is 17.8 Å². The van der Waals surface area contributed by atoms with Crippen molar-refractivity contribution in [2.75, 3.05) is 0 Å². The number of nitrogens with zero attached hydrogens (tertiary/aromatic N) is 1. The molecule has 1 aromatic carbocycles. The number of ether oxygens (including phenoxy) is 1. The number of rotatable bonds is 8. The summed E-state index contributed by atoms with van der Waals surface area (Å²) in [4.78, 5) is 45.7. The summed E-state index contributed by atoms with van der Waals surface area (Å²) in [7, 11) is 0. The number of esters is 1. The van der Waals surface area contributed by atoms with Gasteiger partial charge in [-0.25, -0.2) is 0 Å². The number of amides is 1. The largest absolute Gasteiger partial charge is 0.454 e. The maximum Gasteiger partial charge on any atom is 0.314 e. The van der Waals surface area contributed by atoms with Crippen LogP contribution in [0, 0.1) is 16.0 Å². The first-order valence-electron chi connectivity index (χ1n) is 8.48. The number of nitro groups is 1. The van der Waals surface area contributed by atoms with E-state index in [4.69, 9.17) is 4.74 Å². The first kappa shape index (κ1) is 20.5. The highest BCUT2D eigenvalue weighted by molar-refractivity contribution is 5.97. The highest BCUT2D eigenvalue weighted by Crippen LogP contribution is 2.27. The Kier molecular flexibility index (Phi) is 5.94. The Morgan fingerprint density at radius 2 is 1.93 bits per heavy atom. The summed E-state index contributed by atoms with van der Waals surface area (Å²) in [5, 5.41) is 22.8. The zero-order valence-electron chi connectivity index (χ0n) is 15.3. The second-order valence-corrected chi connectivity index (χ2v) is 7.09. The van der Waals surface area contributed by atoms with Crippen LogP contribution in [0.15, 0.2) is 24.3 Å². The van der Waals surface area contributed by atoms with E-state index < -0.39 is 46.8 Å². The van der Waals surface area contributed by atoms with Crippen LogP contribution in [-0.4, -0.2) is 39.8 Å². The van der Waals surface area contributed by atoms with E-state index in [-0.39, 0.29) is 18.0 Å². The maximum absolute atomic E-state index is 12.1. The molecule has 1 aliphatic rings. The number of carbonyl (C=O) groups is 3. The highest BCUT2D eigenvalue weighted by atomic mass is 16.6. The smallest absolute Gasteiger partial charge is 0.314 e. The number of non-ortho nitro benzene ring substituents is 1. The van der Waals surface area contributed by atoms with E-state index in [1.807, 2.05) is 0 Å². The molecule has 0 saturated carbocycles. The van der Waals surface area contributed by atoms with Crippen LogP contribution in [0.4, 0.5) is 5.69 Å². The van der Waals surface area contributed by atoms with Gasteiger partial charge in [0.05, 0.1) is 16.9 Å². The quantitative estimate of drug-likeness (QED) is 0.228. The number of β-lactam (4-membered cyclic amide) rings is 1. The zero-order chi connectivity index (χ0) is 20.4. The van der Waals surface area contributed by atoms with Crippen molar-refractivity contribution in [2.45, 2.75) is 51.4 Å². The van der Waals surface area contributed by atoms with Crippen LogP contribution >= 0.6 is 0 Å². The van der Waals surface area contributed by atoms with Crippen LogP contribution in [0.3, 0.4) is 0 Å². The van der Waals surface area contributed by atoms with E-state index in [9.17, 15) is 29.6 Å². The molecule has 2 N–H and O–H groups in total. The lowest BCUT2D eigenvalue weighted by Crippen LogP contribution is -2.62. The van der Waals surface area contributed by atoms with Crippen LogP contribution in [-0.2, 0) is 24.7 Å². The van der Waals surface area contributed by atoms with E-state index in [1.165, 1.54) is 31.2 Å². The minimum absolute atomic E-state index is 0.0611. The monoisotopic (exact) mass is 378 g/mol. The third-order valence-electron chi connectivity index (χ3n) is 4.52. The number of benzene rings is 1. The first-order valence-corrected chi connectivity index (χ1v) is 8.48. The minimum Gasteiger partial charge on any atom is -0.454 e. The van der Waals surface area contributed by atoms with Crippen molar-refractivity contribution in [1.29, 1.82) is 0 Å². The Bertz CT molecular complexity index is 755. The summed E-state index contributed by atoms with van der Waals surface area (Å²) in [6.45, 7) is 4.71. The van der Waals surface area contributed by atoms with Crippen molar-refractivity contribution in [1.82, 2.24) is 5.32 Å². The molecule has 27 heavy (non-hydrogen) atoms. The number of nitrogens with one attached hydrogen (secondary N) is 1. The molecular formula is C18H22N2O7. The summed E-state index contributed by atoms with van der Waals surface area (Å²) < 4.78 is 5.36. The summed E-state index contributed by atoms with van der Waals surface area (Å²) in [6, 6.07) is 5.12. The molecule has 3 atom stereocenters. The van der Waals surface area contributed by atoms with Crippen molar-refractivity contribution in [3.63, 3.8) is 0 Å². The van der Waals surface area contributed by atoms with Crippen molar-refractivity contribution in [2.24, 2.45) is 5.92 Å². The molecule has 0 aromatic heterocycles. The van der Waals surface area contributed by atoms with Crippen LogP contribution in [0.1, 0.15) is 39.2 Å². The van der Waals surface area contributed by atoms with Gasteiger partial charge in [-0.1, -0.05) is 0 Å². The molecule has 1 heterocycles. The lowest BCUT2D eigenvalue weighted by Gasteiger charge is -2.38. The molecule has 1 aliphatic heterocycles. The predicted molar refractivity (Wildman–Crippen MR) is 93.6 cm³/mol. The molecule has 3 unspecified atom stereocenters. The highest BCUT2D eigenvalue weighted by Gasteiger charge is 2.43. The number of hydrogen-bond donors (Lipinski definition) is 2. The molecule has 146 valence electrons. The normalized spacial score (nSPS) is 20.2. The fraction of sp³-hybridized carbons (Fsp3) is 0.500. The summed E-state index contributed by atoms with van der Waals surface area (Å²) in [5.74, 6) is -2.11. The van der Waals surface area contributed by atoms with Crippen molar-refractivity contribution < 1.29 is 29.2 Å². The second kappa shape index (κ2) is 7.83. The zero-order valence-corrected chi connectivity index (χ0v) is 15.3. The van der Waals surface area contributed by atoms with Gasteiger partial charge in [0, 0.05) is 24.6 Å². The lowest BCUT2D eigenvalue weighted by atomic mass is 9.83. The van der Waals surface area contributed by atoms with E-state index >= 15 is 0 Å². The van der Waals surface area contributed by atoms with Gasteiger partial charge in [0.25, 0.3) is 5.69 Å². The summed E-state index contributed by atoms with van der Waals surface area (Å²) in [5.41, 5.74) is -0.597. The van der Waals surface area contributed by atoms with Gasteiger partial charge < -0.3 is 15.2 Å². The third-order valence-corrected chi connectivity index (χ3v) is 4.52. The molecule has 2 rings (SSSR count). The van der Waals surface area contributed by atoms with Gasteiger partial charge in [-0.3, -0.25) is 24.5 Å². The van der Waals surface area contributed by atoms with Gasteiger partial charge >= 0.3 is 5.97 Å². The average Bonchev–Trinajstić information content (AvgIpc) is 2.52. The van der Waals surface area contributed by atoms with Crippen molar-refractivity contribution in [3.8, 4) is 0 Å². The molecule has 1 aromatic rings. The van der Waals surface area contributed by atoms with Crippen LogP contribution in [0.5, 0.6) is 0 Å². The number of carbonyl (C=O) groups excluding carboxylic acids is 3. The molecule has 0 radical (unpaired) electrons. The molecule has 9 heteroatoms. The Balaban J connectivity index is 1.91. The van der Waals surface area contributed by atoms with Gasteiger partial charge in [-0.2, -0.15) is 0 Å². The molecule has 1 fully saturated rings. The number of hydrogen-bond acceptors (Lipinski definition) is 7. The first-order chi connectivity index (χ1) is 12.5. The average molecular weight is 378 g/mol. The molecule has 0 bridgehead atoms. The Morgan fingerprint density at radius 3 is 2.41 bits per heavy atom. The van der Waals surface area contributed by atoms with E-state index in [0.717, 1.165) is 0 Å². The van der Waals surface area contributed by atoms with Gasteiger partial charge in [-0.05, 0) is 38.5 Å². The second-order valence-electron chi connectivity index (χ2n) is 7.09. The van der Waals surface area contributed by atoms with Crippen LogP contribution in [0.2, 0.25) is 0 Å². The topological polar surface area (TPSA) is 136 Å². The van der Waals surface area contributed by atoms with Crippen molar-refractivity contribution >= 4 is 23.3 Å². The number of nitro benzene ring substituents is 1. The van der Waals surface area contributed by atoms with Gasteiger partial charge in [0.2, 0.25) is 5.91 Å². The number of aliphatic hydroxyl groups is 1. The fourth-order valence-corrected chi connectivity index (χ4v) is 3.03. The van der Waals surface area contributed by atoms with E-state index in [0.29, 0.717) is 5.56 Å². The Hall–Kier alpha value is -2.81. The number of ketones is 1. The fourth-order valence-electron chi connectivity index (χ4n) is 3.03. The summed E-state index contributed by atoms with van der Waals surface area (Å²) in [6.07, 6.45) is -1.39. The Labute approximate surface area is 155 Å². The van der Waals surface area contributed by atoms with Crippen molar-refractivity contribution in [3.05, 3.63) is 39.9 Å². The van der Waals surface area contributed by atoms with Crippen LogP contribution in [0.25, 0.3) is 0 Å². The van der Waals surface area contributed by atoms with Gasteiger partial charge in [0.15, 0.2) is 0 Å². The molecular weight excluding hydrogens is 356 g/mol. The number of Topliss-reactive ketones (excluding diaryl/α,β-unsaturated/α-hetero) is 1. The van der Waals surface area contributed by atoms with Crippen LogP contribution < -0.4 is 5.32 Å². The summed E-state index contributed by atoms with van der Waals surface area (Å²) >= 11 is 0. The van der Waals surface area contributed by atoms with E-state index in [1.54, 1.807) is 13.8 Å².